The van der Waals surface area contributed by atoms with E-state index in [1.807, 2.05) is 17.9 Å². The summed E-state index contributed by atoms with van der Waals surface area (Å²) >= 11 is 0. The average molecular weight is 368 g/mol. The summed E-state index contributed by atoms with van der Waals surface area (Å²) in [4.78, 5) is 32.0. The van der Waals surface area contributed by atoms with Crippen LogP contribution >= 0.6 is 0 Å². The molecule has 10 nitrogen and oxygen atoms in total. The molecule has 27 heavy (non-hydrogen) atoms. The third-order valence-electron chi connectivity index (χ3n) is 4.32. The number of nitrogens with one attached hydrogen (secondary N) is 1. The molecule has 0 aromatic carbocycles. The van der Waals surface area contributed by atoms with Gasteiger partial charge in [0.15, 0.2) is 5.65 Å². The van der Waals surface area contributed by atoms with E-state index in [4.69, 9.17) is 15.5 Å². The van der Waals surface area contributed by atoms with Gasteiger partial charge in [0.2, 0.25) is 11.9 Å². The zero-order valence-corrected chi connectivity index (χ0v) is 14.9. The summed E-state index contributed by atoms with van der Waals surface area (Å²) in [6.07, 6.45) is 4.93. The highest BCUT2D eigenvalue weighted by Crippen LogP contribution is 2.28. The molecule has 0 atom stereocenters. The topological polar surface area (TPSA) is 124 Å². The summed E-state index contributed by atoms with van der Waals surface area (Å²) in [6.45, 7) is 4.99. The number of nitrogen functional groups attached to an aromatic ring is 1. The van der Waals surface area contributed by atoms with Gasteiger partial charge in [0.1, 0.15) is 0 Å². The van der Waals surface area contributed by atoms with E-state index in [1.54, 1.807) is 18.6 Å². The summed E-state index contributed by atoms with van der Waals surface area (Å²) in [7, 11) is 0. The lowest BCUT2D eigenvalue weighted by Crippen LogP contribution is -2.37. The number of nitrogens with zero attached hydrogens (tertiary/aromatic N) is 6. The van der Waals surface area contributed by atoms with Crippen LogP contribution < -0.4 is 16.0 Å². The minimum atomic E-state index is -0.237. The molecular weight excluding hydrogens is 348 g/mol. The van der Waals surface area contributed by atoms with Crippen LogP contribution in [0.15, 0.2) is 24.7 Å². The van der Waals surface area contributed by atoms with Crippen molar-refractivity contribution in [1.29, 1.82) is 0 Å². The number of carbonyl (C=O) groups excluding carboxylic acids is 1. The van der Waals surface area contributed by atoms with Crippen molar-refractivity contribution >= 4 is 29.0 Å². The first-order chi connectivity index (χ1) is 13.2. The van der Waals surface area contributed by atoms with E-state index < -0.39 is 0 Å². The lowest BCUT2D eigenvalue weighted by molar-refractivity contribution is 0.122. The fourth-order valence-electron chi connectivity index (χ4n) is 2.99. The Labute approximate surface area is 155 Å². The first-order valence-corrected chi connectivity index (χ1v) is 8.75. The number of carbonyl (C=O) groups is 1. The summed E-state index contributed by atoms with van der Waals surface area (Å²) in [5.41, 5.74) is 7.50. The van der Waals surface area contributed by atoms with Crippen molar-refractivity contribution in [3.63, 3.8) is 0 Å². The van der Waals surface area contributed by atoms with Gasteiger partial charge in [0.25, 0.3) is 0 Å². The number of fused-ring (bicyclic) bond motifs is 1. The molecule has 3 aromatic rings. The maximum Gasteiger partial charge on any atom is 0.327 e. The molecule has 140 valence electrons. The zero-order chi connectivity index (χ0) is 18.8. The number of morpholine rings is 1. The van der Waals surface area contributed by atoms with Gasteiger partial charge in [-0.15, -0.1) is 0 Å². The number of hydrogen-bond donors (Lipinski definition) is 2. The van der Waals surface area contributed by atoms with Gasteiger partial charge in [-0.05, 0) is 13.0 Å². The van der Waals surface area contributed by atoms with Gasteiger partial charge in [-0.2, -0.15) is 4.98 Å². The van der Waals surface area contributed by atoms with Crippen LogP contribution in [0.3, 0.4) is 0 Å². The molecule has 0 spiro atoms. The number of rotatable bonds is 3. The molecule has 3 aromatic heterocycles. The van der Waals surface area contributed by atoms with Crippen LogP contribution in [0.2, 0.25) is 0 Å². The van der Waals surface area contributed by atoms with Gasteiger partial charge in [-0.25, -0.2) is 19.7 Å². The average Bonchev–Trinajstić information content (AvgIpc) is 3.13. The standard InChI is InChI=1S/C17H20N8O2/c1-2-19-17(26)25-4-3-12-13(11-9-20-15(18)21-10-11)22-16(23-14(12)25)24-5-7-27-8-6-24/h3-4,9-10H,2,5-8H2,1H3,(H,19,26)(H2,18,20,21). The summed E-state index contributed by atoms with van der Waals surface area (Å²) in [6, 6.07) is 1.58. The van der Waals surface area contributed by atoms with Gasteiger partial charge >= 0.3 is 6.03 Å². The molecule has 1 aliphatic rings. The maximum atomic E-state index is 12.4. The summed E-state index contributed by atoms with van der Waals surface area (Å²) in [5, 5.41) is 3.54. The molecule has 1 amide bonds. The third-order valence-corrected chi connectivity index (χ3v) is 4.32. The van der Waals surface area contributed by atoms with E-state index in [0.717, 1.165) is 5.39 Å². The highest BCUT2D eigenvalue weighted by Gasteiger charge is 2.21. The smallest absolute Gasteiger partial charge is 0.327 e. The van der Waals surface area contributed by atoms with Gasteiger partial charge < -0.3 is 20.7 Å². The molecule has 4 rings (SSSR count). The molecule has 0 radical (unpaired) electrons. The minimum absolute atomic E-state index is 0.192. The minimum Gasteiger partial charge on any atom is -0.378 e. The number of hydrogen-bond acceptors (Lipinski definition) is 8. The number of aromatic nitrogens is 5. The van der Waals surface area contributed by atoms with Crippen LogP contribution in [0.5, 0.6) is 0 Å². The van der Waals surface area contributed by atoms with E-state index in [0.29, 0.717) is 55.7 Å². The Bertz CT molecular complexity index is 963. The van der Waals surface area contributed by atoms with E-state index in [2.05, 4.69) is 20.3 Å². The number of ether oxygens (including phenoxy) is 1. The highest BCUT2D eigenvalue weighted by atomic mass is 16.5. The van der Waals surface area contributed by atoms with Crippen LogP contribution in [0.1, 0.15) is 6.92 Å². The molecule has 1 fully saturated rings. The normalized spacial score (nSPS) is 14.5. The van der Waals surface area contributed by atoms with Crippen LogP contribution in [0.25, 0.3) is 22.3 Å². The maximum absolute atomic E-state index is 12.4. The van der Waals surface area contributed by atoms with Crippen molar-refractivity contribution in [2.45, 2.75) is 6.92 Å². The zero-order valence-electron chi connectivity index (χ0n) is 14.9. The van der Waals surface area contributed by atoms with Crippen molar-refractivity contribution in [2.75, 3.05) is 43.5 Å². The van der Waals surface area contributed by atoms with Gasteiger partial charge in [0.05, 0.1) is 18.9 Å². The van der Waals surface area contributed by atoms with Gasteiger partial charge in [0, 0.05) is 49.2 Å². The molecule has 0 saturated carbocycles. The van der Waals surface area contributed by atoms with Crippen LogP contribution in [0.4, 0.5) is 16.7 Å². The summed E-state index contributed by atoms with van der Waals surface area (Å²) < 4.78 is 6.91. The Morgan fingerprint density at radius 2 is 2.00 bits per heavy atom. The predicted molar refractivity (Wildman–Crippen MR) is 100 cm³/mol. The predicted octanol–water partition coefficient (Wildman–Crippen LogP) is 0.885. The Morgan fingerprint density at radius 1 is 1.26 bits per heavy atom. The Morgan fingerprint density at radius 3 is 2.70 bits per heavy atom. The fourth-order valence-corrected chi connectivity index (χ4v) is 2.99. The molecular formula is C17H20N8O2. The highest BCUT2D eigenvalue weighted by molar-refractivity contribution is 5.97. The lowest BCUT2D eigenvalue weighted by Gasteiger charge is -2.27. The largest absolute Gasteiger partial charge is 0.378 e. The molecule has 10 heteroatoms. The first-order valence-electron chi connectivity index (χ1n) is 8.75. The van der Waals surface area contributed by atoms with Crippen LogP contribution in [-0.2, 0) is 4.74 Å². The fraction of sp³-hybridized carbons (Fsp3) is 0.353. The first kappa shape index (κ1) is 17.2. The molecule has 0 unspecified atom stereocenters. The molecule has 0 bridgehead atoms. The van der Waals surface area contributed by atoms with Gasteiger partial charge in [-0.3, -0.25) is 4.57 Å². The Kier molecular flexibility index (Phi) is 4.55. The monoisotopic (exact) mass is 368 g/mol. The Balaban J connectivity index is 1.89. The van der Waals surface area contributed by atoms with E-state index >= 15 is 0 Å². The van der Waals surface area contributed by atoms with E-state index in [1.165, 1.54) is 4.57 Å². The van der Waals surface area contributed by atoms with E-state index in [9.17, 15) is 4.79 Å². The number of anilines is 2. The number of nitrogens with two attached hydrogens (primary N) is 1. The Hall–Kier alpha value is -3.27. The van der Waals surface area contributed by atoms with Crippen LogP contribution in [0, 0.1) is 0 Å². The second kappa shape index (κ2) is 7.16. The summed E-state index contributed by atoms with van der Waals surface area (Å²) in [5.74, 6) is 0.735. The number of amides is 1. The van der Waals surface area contributed by atoms with Crippen molar-refractivity contribution in [1.82, 2.24) is 29.8 Å². The van der Waals surface area contributed by atoms with Crippen molar-refractivity contribution in [3.05, 3.63) is 24.7 Å². The second-order valence-electron chi connectivity index (χ2n) is 6.06. The van der Waals surface area contributed by atoms with E-state index in [-0.39, 0.29) is 12.0 Å². The molecule has 0 aliphatic carbocycles. The van der Waals surface area contributed by atoms with Crippen molar-refractivity contribution in [3.8, 4) is 11.3 Å². The van der Waals surface area contributed by atoms with Crippen molar-refractivity contribution < 1.29 is 9.53 Å². The SMILES string of the molecule is CCNC(=O)n1ccc2c(-c3cnc(N)nc3)nc(N3CCOCC3)nc21. The second-order valence-corrected chi connectivity index (χ2v) is 6.06. The van der Waals surface area contributed by atoms with Gasteiger partial charge in [-0.1, -0.05) is 0 Å². The third kappa shape index (κ3) is 3.26. The van der Waals surface area contributed by atoms with Crippen LogP contribution in [-0.4, -0.2) is 63.4 Å². The molecule has 4 heterocycles. The molecule has 3 N–H and O–H groups in total. The van der Waals surface area contributed by atoms with Crippen molar-refractivity contribution in [2.24, 2.45) is 0 Å². The molecule has 1 aliphatic heterocycles. The quantitative estimate of drug-likeness (QED) is 0.698. The lowest BCUT2D eigenvalue weighted by atomic mass is 10.2. The molecule has 1 saturated heterocycles.